The first kappa shape index (κ1) is 13.9. The van der Waals surface area contributed by atoms with Crippen LogP contribution < -0.4 is 11.5 Å². The number of aliphatic hydroxyl groups is 2. The lowest BCUT2D eigenvalue weighted by Gasteiger charge is -2.15. The molecule has 3 heterocycles. The monoisotopic (exact) mass is 392 g/mol. The molecule has 4 atom stereocenters. The Balaban J connectivity index is 2.10. The Bertz CT molecular complexity index is 649. The second kappa shape index (κ2) is 5.04. The maximum absolute atomic E-state index is 10.1. The Morgan fingerprint density at radius 3 is 2.75 bits per heavy atom. The summed E-state index contributed by atoms with van der Waals surface area (Å²) in [5, 5.41) is 24.8. The van der Waals surface area contributed by atoms with E-state index in [9.17, 15) is 10.2 Å². The third-order valence-corrected chi connectivity index (χ3v) is 4.04. The summed E-state index contributed by atoms with van der Waals surface area (Å²) in [6.07, 6.45) is -2.41. The van der Waals surface area contributed by atoms with Crippen LogP contribution in [0.3, 0.4) is 0 Å². The second-order valence-electron chi connectivity index (χ2n) is 4.47. The molecule has 0 spiro atoms. The number of hydrogen-bond donors (Lipinski definition) is 4. The average Bonchev–Trinajstić information content (AvgIpc) is 2.90. The van der Waals surface area contributed by atoms with Crippen molar-refractivity contribution >= 4 is 39.4 Å². The molecule has 6 N–H and O–H groups in total. The largest absolute Gasteiger partial charge is 0.387 e. The third kappa shape index (κ3) is 1.95. The molecular weight excluding hydrogens is 379 g/mol. The van der Waals surface area contributed by atoms with Gasteiger partial charge >= 0.3 is 0 Å². The molecule has 10 heteroatoms. The number of aromatic nitrogens is 4. The van der Waals surface area contributed by atoms with Gasteiger partial charge in [-0.3, -0.25) is 0 Å². The molecule has 1 aliphatic heterocycles. The minimum atomic E-state index is -1.14. The van der Waals surface area contributed by atoms with Gasteiger partial charge < -0.3 is 26.4 Å². The zero-order valence-corrected chi connectivity index (χ0v) is 12.4. The van der Waals surface area contributed by atoms with E-state index < -0.39 is 24.5 Å². The third-order valence-electron chi connectivity index (χ3n) is 3.29. The number of halogens is 1. The van der Waals surface area contributed by atoms with E-state index >= 15 is 0 Å². The minimum absolute atomic E-state index is 0.0993. The van der Waals surface area contributed by atoms with Gasteiger partial charge in [-0.05, 0) is 22.6 Å². The van der Waals surface area contributed by atoms with Crippen molar-refractivity contribution in [1.29, 1.82) is 0 Å². The normalized spacial score (nSPS) is 30.2. The van der Waals surface area contributed by atoms with E-state index in [2.05, 4.69) is 15.1 Å². The van der Waals surface area contributed by atoms with Gasteiger partial charge in [0.15, 0.2) is 11.9 Å². The molecule has 108 valence electrons. The van der Waals surface area contributed by atoms with Gasteiger partial charge in [-0.25, -0.2) is 14.6 Å². The van der Waals surface area contributed by atoms with Gasteiger partial charge in [0.2, 0.25) is 0 Å². The van der Waals surface area contributed by atoms with Crippen molar-refractivity contribution in [3.8, 4) is 0 Å². The van der Waals surface area contributed by atoms with Gasteiger partial charge in [0, 0.05) is 6.54 Å². The SMILES string of the molecule is NC[C@H]1O[C@@H](n2nc(I)c3c(N)ncnc32)[C@@H](O)[C@H]1O. The van der Waals surface area contributed by atoms with Gasteiger partial charge in [-0.15, -0.1) is 0 Å². The summed E-state index contributed by atoms with van der Waals surface area (Å²) in [6.45, 7) is 0.0993. The number of rotatable bonds is 2. The summed E-state index contributed by atoms with van der Waals surface area (Å²) in [5.41, 5.74) is 11.7. The van der Waals surface area contributed by atoms with Crippen LogP contribution in [0.2, 0.25) is 0 Å². The maximum atomic E-state index is 10.1. The average molecular weight is 392 g/mol. The van der Waals surface area contributed by atoms with Crippen LogP contribution in [0.1, 0.15) is 6.23 Å². The lowest BCUT2D eigenvalue weighted by molar-refractivity contribution is -0.0395. The number of nitrogens with zero attached hydrogens (tertiary/aromatic N) is 4. The summed E-state index contributed by atoms with van der Waals surface area (Å²) in [6, 6.07) is 0. The molecule has 2 aromatic rings. The van der Waals surface area contributed by atoms with Gasteiger partial charge in [-0.2, -0.15) is 5.10 Å². The maximum Gasteiger partial charge on any atom is 0.181 e. The van der Waals surface area contributed by atoms with Crippen LogP contribution in [0.15, 0.2) is 6.33 Å². The summed E-state index contributed by atoms with van der Waals surface area (Å²) < 4.78 is 7.55. The number of ether oxygens (including phenoxy) is 1. The number of hydrogen-bond acceptors (Lipinski definition) is 8. The number of anilines is 1. The Hall–Kier alpha value is -1.08. The molecule has 0 aromatic carbocycles. The highest BCUT2D eigenvalue weighted by Gasteiger charge is 2.44. The molecule has 2 aromatic heterocycles. The molecule has 0 radical (unpaired) electrons. The molecule has 0 aliphatic carbocycles. The molecular formula is C10H13IN6O3. The lowest BCUT2D eigenvalue weighted by Crippen LogP contribution is -2.35. The minimum Gasteiger partial charge on any atom is -0.387 e. The van der Waals surface area contributed by atoms with E-state index in [0.29, 0.717) is 20.6 Å². The molecule has 20 heavy (non-hydrogen) atoms. The molecule has 0 amide bonds. The van der Waals surface area contributed by atoms with E-state index in [1.54, 1.807) is 0 Å². The van der Waals surface area contributed by atoms with E-state index in [0.717, 1.165) is 0 Å². The first-order valence-corrected chi connectivity index (χ1v) is 6.98. The highest BCUT2D eigenvalue weighted by atomic mass is 127. The van der Waals surface area contributed by atoms with Crippen LogP contribution in [0, 0.1) is 3.70 Å². The van der Waals surface area contributed by atoms with Crippen molar-refractivity contribution in [3.05, 3.63) is 10.0 Å². The summed E-state index contributed by atoms with van der Waals surface area (Å²) in [4.78, 5) is 8.03. The zero-order chi connectivity index (χ0) is 14.4. The van der Waals surface area contributed by atoms with Crippen LogP contribution in [0.5, 0.6) is 0 Å². The van der Waals surface area contributed by atoms with Crippen molar-refractivity contribution < 1.29 is 14.9 Å². The summed E-state index contributed by atoms with van der Waals surface area (Å²) in [7, 11) is 0. The van der Waals surface area contributed by atoms with Crippen LogP contribution in [-0.4, -0.2) is 54.8 Å². The van der Waals surface area contributed by atoms with Crippen molar-refractivity contribution in [2.24, 2.45) is 5.73 Å². The van der Waals surface area contributed by atoms with Crippen molar-refractivity contribution in [2.75, 3.05) is 12.3 Å². The number of aliphatic hydroxyl groups excluding tert-OH is 2. The van der Waals surface area contributed by atoms with Gasteiger partial charge in [0.05, 0.1) is 5.39 Å². The van der Waals surface area contributed by atoms with Gasteiger partial charge in [0.25, 0.3) is 0 Å². The standard InChI is InChI=1S/C10H13IN6O3/c11-7-4-8(13)14-2-15-9(4)17(16-7)10-6(19)5(18)3(1-12)20-10/h2-3,5-6,10,18-19H,1,12H2,(H2,13,14,15)/t3-,5+,6+,10-/m1/s1. The van der Waals surface area contributed by atoms with E-state index in [-0.39, 0.29) is 6.54 Å². The van der Waals surface area contributed by atoms with E-state index in [1.165, 1.54) is 11.0 Å². The molecule has 0 unspecified atom stereocenters. The molecule has 0 bridgehead atoms. The van der Waals surface area contributed by atoms with Crippen LogP contribution in [0.25, 0.3) is 11.0 Å². The van der Waals surface area contributed by atoms with Crippen LogP contribution >= 0.6 is 22.6 Å². The lowest BCUT2D eigenvalue weighted by atomic mass is 10.1. The van der Waals surface area contributed by atoms with E-state index in [1.807, 2.05) is 22.6 Å². The molecule has 1 saturated heterocycles. The van der Waals surface area contributed by atoms with Crippen LogP contribution in [0.4, 0.5) is 5.82 Å². The van der Waals surface area contributed by atoms with Gasteiger partial charge in [-0.1, -0.05) is 0 Å². The zero-order valence-electron chi connectivity index (χ0n) is 10.2. The smallest absolute Gasteiger partial charge is 0.181 e. The predicted octanol–water partition coefficient (Wildman–Crippen LogP) is -1.41. The highest BCUT2D eigenvalue weighted by molar-refractivity contribution is 14.1. The van der Waals surface area contributed by atoms with Crippen molar-refractivity contribution in [3.63, 3.8) is 0 Å². The number of fused-ring (bicyclic) bond motifs is 1. The molecule has 0 saturated carbocycles. The van der Waals surface area contributed by atoms with Crippen molar-refractivity contribution in [2.45, 2.75) is 24.5 Å². The fourth-order valence-electron chi connectivity index (χ4n) is 2.26. The fourth-order valence-corrected chi connectivity index (χ4v) is 3.01. The predicted molar refractivity (Wildman–Crippen MR) is 77.4 cm³/mol. The quantitative estimate of drug-likeness (QED) is 0.456. The van der Waals surface area contributed by atoms with E-state index in [4.69, 9.17) is 16.2 Å². The fraction of sp³-hybridized carbons (Fsp3) is 0.500. The first-order chi connectivity index (χ1) is 9.54. The Morgan fingerprint density at radius 2 is 2.10 bits per heavy atom. The first-order valence-electron chi connectivity index (χ1n) is 5.90. The Morgan fingerprint density at radius 1 is 1.35 bits per heavy atom. The second-order valence-corrected chi connectivity index (χ2v) is 5.50. The number of nitrogen functional groups attached to an aromatic ring is 1. The Kier molecular flexibility index (Phi) is 3.50. The number of nitrogens with two attached hydrogens (primary N) is 2. The highest BCUT2D eigenvalue weighted by Crippen LogP contribution is 2.32. The Labute approximate surface area is 127 Å². The summed E-state index contributed by atoms with van der Waals surface area (Å²) in [5.74, 6) is 0.300. The van der Waals surface area contributed by atoms with Gasteiger partial charge in [0.1, 0.15) is 34.2 Å². The van der Waals surface area contributed by atoms with Crippen molar-refractivity contribution in [1.82, 2.24) is 19.7 Å². The molecule has 3 rings (SSSR count). The molecule has 1 aliphatic rings. The van der Waals surface area contributed by atoms with Crippen LogP contribution in [-0.2, 0) is 4.74 Å². The molecule has 9 nitrogen and oxygen atoms in total. The topological polar surface area (TPSA) is 145 Å². The summed E-state index contributed by atoms with van der Waals surface area (Å²) >= 11 is 2.00. The molecule has 1 fully saturated rings.